The Labute approximate surface area is 173 Å². The van der Waals surface area contributed by atoms with Crippen LogP contribution in [-0.2, 0) is 19.5 Å². The fourth-order valence-electron chi connectivity index (χ4n) is 3.79. The summed E-state index contributed by atoms with van der Waals surface area (Å²) < 4.78 is 0. The minimum absolute atomic E-state index is 0.0730. The number of halogens is 1. The van der Waals surface area contributed by atoms with Gasteiger partial charge in [0.2, 0.25) is 0 Å². The van der Waals surface area contributed by atoms with Crippen molar-refractivity contribution in [3.05, 3.63) is 93.0 Å². The lowest BCUT2D eigenvalue weighted by atomic mass is 10.1. The van der Waals surface area contributed by atoms with E-state index in [-0.39, 0.29) is 5.56 Å². The molecule has 3 heterocycles. The maximum Gasteiger partial charge on any atom is 0.255 e. The van der Waals surface area contributed by atoms with E-state index in [1.807, 2.05) is 30.3 Å². The molecule has 0 saturated carbocycles. The summed E-state index contributed by atoms with van der Waals surface area (Å²) in [6.07, 6.45) is 0.743. The molecule has 0 fully saturated rings. The second kappa shape index (κ2) is 7.43. The first kappa shape index (κ1) is 18.0. The van der Waals surface area contributed by atoms with E-state index in [1.54, 1.807) is 12.1 Å². The lowest BCUT2D eigenvalue weighted by molar-refractivity contribution is 0.239. The van der Waals surface area contributed by atoms with Crippen LogP contribution in [0.1, 0.15) is 17.0 Å². The van der Waals surface area contributed by atoms with Crippen molar-refractivity contribution >= 4 is 22.5 Å². The number of hydrogen-bond acceptors (Lipinski definition) is 4. The Morgan fingerprint density at radius 3 is 2.69 bits per heavy atom. The van der Waals surface area contributed by atoms with Crippen LogP contribution in [0.3, 0.4) is 0 Å². The number of pyridine rings is 1. The number of benzene rings is 2. The van der Waals surface area contributed by atoms with Gasteiger partial charge in [0, 0.05) is 42.0 Å². The zero-order valence-electron chi connectivity index (χ0n) is 15.7. The fraction of sp³-hybridized carbons (Fsp3) is 0.174. The lowest BCUT2D eigenvalue weighted by Crippen LogP contribution is -2.35. The number of aromatic nitrogens is 3. The van der Waals surface area contributed by atoms with Crippen LogP contribution >= 0.6 is 11.6 Å². The minimum Gasteiger partial charge on any atom is -0.306 e. The van der Waals surface area contributed by atoms with Gasteiger partial charge >= 0.3 is 0 Å². The topological polar surface area (TPSA) is 61.9 Å². The molecule has 0 saturated heterocycles. The van der Waals surface area contributed by atoms with Gasteiger partial charge in [-0.25, -0.2) is 4.98 Å². The zero-order valence-corrected chi connectivity index (χ0v) is 16.5. The standard InChI is InChI=1S/C23H19ClN4O/c24-17-8-5-16(6-9-17)22-26-21-11-12-28(14-19(21)23(29)27-22)13-18-10-7-15-3-1-2-4-20(15)25-18/h1-10H,11-14H2,(H,26,27,29). The van der Waals surface area contributed by atoms with Crippen LogP contribution in [0.25, 0.3) is 22.3 Å². The van der Waals surface area contributed by atoms with Gasteiger partial charge in [-0.05, 0) is 36.4 Å². The monoisotopic (exact) mass is 402 g/mol. The number of aromatic amines is 1. The van der Waals surface area contributed by atoms with Crippen molar-refractivity contribution in [3.63, 3.8) is 0 Å². The maximum atomic E-state index is 12.7. The summed E-state index contributed by atoms with van der Waals surface area (Å²) in [6, 6.07) is 19.6. The molecule has 2 aromatic carbocycles. The highest BCUT2D eigenvalue weighted by atomic mass is 35.5. The quantitative estimate of drug-likeness (QED) is 0.558. The van der Waals surface area contributed by atoms with E-state index in [0.29, 0.717) is 23.9 Å². The molecule has 0 radical (unpaired) electrons. The summed E-state index contributed by atoms with van der Waals surface area (Å²) in [5.74, 6) is 0.593. The first-order chi connectivity index (χ1) is 14.2. The largest absolute Gasteiger partial charge is 0.306 e. The predicted octanol–water partition coefficient (Wildman–Crippen LogP) is 4.20. The number of rotatable bonds is 3. The molecular weight excluding hydrogens is 384 g/mol. The summed E-state index contributed by atoms with van der Waals surface area (Å²) in [5.41, 5.74) is 4.41. The summed E-state index contributed by atoms with van der Waals surface area (Å²) in [4.78, 5) is 27.4. The Hall–Kier alpha value is -3.02. The number of H-pyrrole nitrogens is 1. The summed E-state index contributed by atoms with van der Waals surface area (Å²) >= 11 is 5.96. The second-order valence-electron chi connectivity index (χ2n) is 7.30. The average molecular weight is 403 g/mol. The Kier molecular flexibility index (Phi) is 4.62. The fourth-order valence-corrected chi connectivity index (χ4v) is 3.91. The molecule has 1 aliphatic rings. The van der Waals surface area contributed by atoms with E-state index >= 15 is 0 Å². The molecule has 5 nitrogen and oxygen atoms in total. The third-order valence-electron chi connectivity index (χ3n) is 5.31. The molecule has 4 aromatic rings. The number of hydrogen-bond donors (Lipinski definition) is 1. The molecule has 0 bridgehead atoms. The van der Waals surface area contributed by atoms with E-state index < -0.39 is 0 Å². The Balaban J connectivity index is 1.39. The zero-order chi connectivity index (χ0) is 19.8. The van der Waals surface area contributed by atoms with E-state index in [4.69, 9.17) is 21.6 Å². The molecule has 144 valence electrons. The van der Waals surface area contributed by atoms with Crippen molar-refractivity contribution in [2.24, 2.45) is 0 Å². The van der Waals surface area contributed by atoms with Crippen LogP contribution in [-0.4, -0.2) is 26.4 Å². The molecule has 2 aromatic heterocycles. The normalized spacial score (nSPS) is 14.1. The number of fused-ring (bicyclic) bond motifs is 2. The third kappa shape index (κ3) is 3.67. The van der Waals surface area contributed by atoms with Crippen LogP contribution < -0.4 is 5.56 Å². The highest BCUT2D eigenvalue weighted by molar-refractivity contribution is 6.30. The smallest absolute Gasteiger partial charge is 0.255 e. The summed E-state index contributed by atoms with van der Waals surface area (Å²) in [6.45, 7) is 2.13. The highest BCUT2D eigenvalue weighted by Crippen LogP contribution is 2.21. The summed E-state index contributed by atoms with van der Waals surface area (Å²) in [7, 11) is 0. The van der Waals surface area contributed by atoms with Crippen LogP contribution in [0.5, 0.6) is 0 Å². The molecule has 0 spiro atoms. The second-order valence-corrected chi connectivity index (χ2v) is 7.74. The molecule has 29 heavy (non-hydrogen) atoms. The first-order valence-electron chi connectivity index (χ1n) is 9.61. The van der Waals surface area contributed by atoms with Gasteiger partial charge in [0.25, 0.3) is 5.56 Å². The van der Waals surface area contributed by atoms with Gasteiger partial charge in [0.1, 0.15) is 5.82 Å². The van der Waals surface area contributed by atoms with Crippen LogP contribution in [0.2, 0.25) is 5.02 Å². The van der Waals surface area contributed by atoms with Crippen molar-refractivity contribution in [3.8, 4) is 11.4 Å². The Bertz CT molecular complexity index is 1250. The molecule has 0 unspecified atom stereocenters. The minimum atomic E-state index is -0.0730. The highest BCUT2D eigenvalue weighted by Gasteiger charge is 2.22. The molecule has 0 atom stereocenters. The van der Waals surface area contributed by atoms with Gasteiger partial charge in [-0.1, -0.05) is 35.9 Å². The van der Waals surface area contributed by atoms with Gasteiger partial charge in [-0.2, -0.15) is 0 Å². The number of nitrogens with zero attached hydrogens (tertiary/aromatic N) is 3. The number of para-hydroxylation sites is 1. The van der Waals surface area contributed by atoms with Gasteiger partial charge in [0.05, 0.1) is 22.5 Å². The van der Waals surface area contributed by atoms with Crippen molar-refractivity contribution in [1.82, 2.24) is 19.9 Å². The third-order valence-corrected chi connectivity index (χ3v) is 5.56. The van der Waals surface area contributed by atoms with Crippen LogP contribution in [0.15, 0.2) is 65.5 Å². The SMILES string of the molecule is O=c1[nH]c(-c2ccc(Cl)cc2)nc2c1CN(Cc1ccc3ccccc3n1)CC2. The molecule has 1 aliphatic heterocycles. The van der Waals surface area contributed by atoms with E-state index in [9.17, 15) is 4.79 Å². The molecule has 5 rings (SSSR count). The van der Waals surface area contributed by atoms with Gasteiger partial charge in [0.15, 0.2) is 0 Å². The lowest BCUT2D eigenvalue weighted by Gasteiger charge is -2.27. The Morgan fingerprint density at radius 2 is 1.83 bits per heavy atom. The van der Waals surface area contributed by atoms with Crippen molar-refractivity contribution < 1.29 is 0 Å². The number of nitrogens with one attached hydrogen (secondary N) is 1. The molecule has 0 amide bonds. The van der Waals surface area contributed by atoms with Crippen molar-refractivity contribution in [1.29, 1.82) is 0 Å². The maximum absolute atomic E-state index is 12.7. The van der Waals surface area contributed by atoms with E-state index in [0.717, 1.165) is 46.4 Å². The van der Waals surface area contributed by atoms with Gasteiger partial charge < -0.3 is 4.98 Å². The summed E-state index contributed by atoms with van der Waals surface area (Å²) in [5, 5.41) is 1.79. The first-order valence-corrected chi connectivity index (χ1v) is 9.98. The molecule has 0 aliphatic carbocycles. The van der Waals surface area contributed by atoms with Crippen molar-refractivity contribution in [2.75, 3.05) is 6.54 Å². The van der Waals surface area contributed by atoms with Crippen LogP contribution in [0, 0.1) is 0 Å². The predicted molar refractivity (Wildman–Crippen MR) is 115 cm³/mol. The molecule has 1 N–H and O–H groups in total. The van der Waals surface area contributed by atoms with Crippen molar-refractivity contribution in [2.45, 2.75) is 19.5 Å². The van der Waals surface area contributed by atoms with Gasteiger partial charge in [-0.3, -0.25) is 14.7 Å². The Morgan fingerprint density at radius 1 is 1.00 bits per heavy atom. The van der Waals surface area contributed by atoms with E-state index in [1.165, 1.54) is 0 Å². The molecular formula is C23H19ClN4O. The molecule has 6 heteroatoms. The van der Waals surface area contributed by atoms with E-state index in [2.05, 4.69) is 28.1 Å². The van der Waals surface area contributed by atoms with Crippen LogP contribution in [0.4, 0.5) is 0 Å². The average Bonchev–Trinajstić information content (AvgIpc) is 2.74. The van der Waals surface area contributed by atoms with Gasteiger partial charge in [-0.15, -0.1) is 0 Å².